The third-order valence-corrected chi connectivity index (χ3v) is 5.99. The van der Waals surface area contributed by atoms with Crippen LogP contribution in [-0.4, -0.2) is 62.4 Å². The normalized spacial score (nSPS) is 18.5. The molecule has 0 radical (unpaired) electrons. The Hall–Kier alpha value is -0.560. The maximum Gasteiger partial charge on any atom is 0.211 e. The van der Waals surface area contributed by atoms with E-state index in [9.17, 15) is 8.42 Å². The minimum atomic E-state index is -3.03. The summed E-state index contributed by atoms with van der Waals surface area (Å²) in [5.41, 5.74) is 1.36. The molecule has 4 nitrogen and oxygen atoms in total. The van der Waals surface area contributed by atoms with Crippen LogP contribution in [0.4, 0.5) is 0 Å². The van der Waals surface area contributed by atoms with Crippen molar-refractivity contribution in [2.24, 2.45) is 0 Å². The monoisotopic (exact) mass is 328 g/mol. The van der Waals surface area contributed by atoms with Crippen molar-refractivity contribution in [2.45, 2.75) is 12.2 Å². The molecule has 0 saturated carbocycles. The smallest absolute Gasteiger partial charge is 0.211 e. The molecule has 1 fully saturated rings. The Morgan fingerprint density at radius 2 is 1.86 bits per heavy atom. The molecule has 1 aliphatic heterocycles. The van der Waals surface area contributed by atoms with Gasteiger partial charge in [-0.05, 0) is 18.5 Å². The molecule has 21 heavy (non-hydrogen) atoms. The molecule has 1 heterocycles. The Bertz CT molecular complexity index is 520. The molecular formula is C15H24N2O2S2. The first-order valence-corrected chi connectivity index (χ1v) is 10.3. The van der Waals surface area contributed by atoms with E-state index in [4.69, 9.17) is 0 Å². The molecule has 6 heteroatoms. The van der Waals surface area contributed by atoms with E-state index in [1.807, 2.05) is 17.8 Å². The molecule has 0 atom stereocenters. The van der Waals surface area contributed by atoms with E-state index >= 15 is 0 Å². The lowest BCUT2D eigenvalue weighted by atomic mass is 10.2. The fourth-order valence-corrected chi connectivity index (χ4v) is 4.29. The summed E-state index contributed by atoms with van der Waals surface area (Å²) in [5.74, 6) is 2.14. The first kappa shape index (κ1) is 16.8. The van der Waals surface area contributed by atoms with Crippen LogP contribution in [0.1, 0.15) is 12.0 Å². The van der Waals surface area contributed by atoms with Crippen molar-refractivity contribution < 1.29 is 8.42 Å². The summed E-state index contributed by atoms with van der Waals surface area (Å²) < 4.78 is 24.7. The minimum absolute atomic E-state index is 0.627. The Labute approximate surface area is 132 Å². The van der Waals surface area contributed by atoms with Gasteiger partial charge in [-0.3, -0.25) is 0 Å². The standard InChI is InChI=1S/C15H24N2O2S2/c1-21(18,19)17-9-5-8-16(10-11-17)12-13-20-14-15-6-3-2-4-7-15/h2-4,6-7H,5,8-14H2,1H3. The SMILES string of the molecule is CS(=O)(=O)N1CCCN(CCSCc2ccccc2)CC1. The molecule has 1 aliphatic rings. The van der Waals surface area contributed by atoms with E-state index < -0.39 is 10.0 Å². The highest BCUT2D eigenvalue weighted by atomic mass is 32.2. The Morgan fingerprint density at radius 1 is 1.10 bits per heavy atom. The van der Waals surface area contributed by atoms with Crippen LogP contribution in [0.2, 0.25) is 0 Å². The Balaban J connectivity index is 1.67. The fourth-order valence-electron chi connectivity index (χ4n) is 2.46. The zero-order valence-electron chi connectivity index (χ0n) is 12.6. The van der Waals surface area contributed by atoms with E-state index in [2.05, 4.69) is 29.2 Å². The molecule has 0 spiro atoms. The fraction of sp³-hybridized carbons (Fsp3) is 0.600. The number of hydrogen-bond acceptors (Lipinski definition) is 4. The molecule has 1 saturated heterocycles. The third-order valence-electron chi connectivity index (χ3n) is 3.68. The van der Waals surface area contributed by atoms with Gasteiger partial charge in [0.15, 0.2) is 0 Å². The van der Waals surface area contributed by atoms with Gasteiger partial charge < -0.3 is 4.90 Å². The van der Waals surface area contributed by atoms with Gasteiger partial charge in [-0.15, -0.1) is 0 Å². The summed E-state index contributed by atoms with van der Waals surface area (Å²) in [5, 5.41) is 0. The highest BCUT2D eigenvalue weighted by molar-refractivity contribution is 7.98. The average Bonchev–Trinajstić information content (AvgIpc) is 2.70. The van der Waals surface area contributed by atoms with Crippen molar-refractivity contribution in [1.82, 2.24) is 9.21 Å². The lowest BCUT2D eigenvalue weighted by molar-refractivity contribution is 0.304. The van der Waals surface area contributed by atoms with Crippen LogP contribution in [0.3, 0.4) is 0 Å². The lowest BCUT2D eigenvalue weighted by Crippen LogP contribution is -2.35. The van der Waals surface area contributed by atoms with Gasteiger partial charge in [0, 0.05) is 37.7 Å². The first-order chi connectivity index (χ1) is 10.1. The molecule has 0 aromatic heterocycles. The minimum Gasteiger partial charge on any atom is -0.301 e. The summed E-state index contributed by atoms with van der Waals surface area (Å²) in [4.78, 5) is 2.38. The highest BCUT2D eigenvalue weighted by Gasteiger charge is 2.20. The van der Waals surface area contributed by atoms with E-state index in [0.717, 1.165) is 37.6 Å². The lowest BCUT2D eigenvalue weighted by Gasteiger charge is -2.20. The van der Waals surface area contributed by atoms with Gasteiger partial charge in [-0.2, -0.15) is 11.8 Å². The van der Waals surface area contributed by atoms with E-state index in [-0.39, 0.29) is 0 Å². The molecule has 0 N–H and O–H groups in total. The average molecular weight is 329 g/mol. The number of nitrogens with zero attached hydrogens (tertiary/aromatic N) is 2. The van der Waals surface area contributed by atoms with E-state index in [0.29, 0.717) is 13.1 Å². The maximum atomic E-state index is 11.6. The summed E-state index contributed by atoms with van der Waals surface area (Å²) in [7, 11) is -3.03. The Kier molecular flexibility index (Phi) is 6.54. The van der Waals surface area contributed by atoms with Crippen molar-refractivity contribution in [1.29, 1.82) is 0 Å². The van der Waals surface area contributed by atoms with Gasteiger partial charge >= 0.3 is 0 Å². The zero-order chi connectivity index (χ0) is 15.1. The van der Waals surface area contributed by atoms with Crippen molar-refractivity contribution in [3.63, 3.8) is 0 Å². The van der Waals surface area contributed by atoms with Crippen molar-refractivity contribution >= 4 is 21.8 Å². The van der Waals surface area contributed by atoms with Crippen LogP contribution in [0.15, 0.2) is 30.3 Å². The molecule has 2 rings (SSSR count). The van der Waals surface area contributed by atoms with Crippen LogP contribution < -0.4 is 0 Å². The van der Waals surface area contributed by atoms with Crippen LogP contribution in [-0.2, 0) is 15.8 Å². The number of benzene rings is 1. The summed E-state index contributed by atoms with van der Waals surface area (Å²) in [6.45, 7) is 4.17. The second-order valence-electron chi connectivity index (χ2n) is 5.40. The molecule has 0 amide bonds. The largest absolute Gasteiger partial charge is 0.301 e. The number of sulfonamides is 1. The van der Waals surface area contributed by atoms with Crippen LogP contribution in [0.5, 0.6) is 0 Å². The van der Waals surface area contributed by atoms with Crippen molar-refractivity contribution in [3.8, 4) is 0 Å². The third kappa shape index (κ3) is 5.98. The van der Waals surface area contributed by atoms with Gasteiger partial charge in [0.2, 0.25) is 10.0 Å². The Morgan fingerprint density at radius 3 is 2.57 bits per heavy atom. The van der Waals surface area contributed by atoms with Crippen LogP contribution in [0, 0.1) is 0 Å². The number of thioether (sulfide) groups is 1. The van der Waals surface area contributed by atoms with Crippen LogP contribution >= 0.6 is 11.8 Å². The van der Waals surface area contributed by atoms with Gasteiger partial charge in [-0.1, -0.05) is 30.3 Å². The second kappa shape index (κ2) is 8.17. The molecule has 1 aromatic rings. The number of hydrogen-bond donors (Lipinski definition) is 0. The molecule has 118 valence electrons. The summed E-state index contributed by atoms with van der Waals surface area (Å²) in [6, 6.07) is 10.5. The maximum absolute atomic E-state index is 11.6. The molecule has 0 aliphatic carbocycles. The quantitative estimate of drug-likeness (QED) is 0.748. The second-order valence-corrected chi connectivity index (χ2v) is 8.48. The predicted molar refractivity (Wildman–Crippen MR) is 90.1 cm³/mol. The van der Waals surface area contributed by atoms with Crippen LogP contribution in [0.25, 0.3) is 0 Å². The number of rotatable bonds is 6. The summed E-state index contributed by atoms with van der Waals surface area (Å²) in [6.07, 6.45) is 2.23. The zero-order valence-corrected chi connectivity index (χ0v) is 14.2. The van der Waals surface area contributed by atoms with Gasteiger partial charge in [0.05, 0.1) is 6.26 Å². The highest BCUT2D eigenvalue weighted by Crippen LogP contribution is 2.13. The molecular weight excluding hydrogens is 304 g/mol. The molecule has 0 unspecified atom stereocenters. The van der Waals surface area contributed by atoms with Crippen molar-refractivity contribution in [2.75, 3.05) is 44.7 Å². The molecule has 0 bridgehead atoms. The predicted octanol–water partition coefficient (Wildman–Crippen LogP) is 1.89. The summed E-state index contributed by atoms with van der Waals surface area (Å²) >= 11 is 1.94. The first-order valence-electron chi connectivity index (χ1n) is 7.35. The van der Waals surface area contributed by atoms with Crippen molar-refractivity contribution in [3.05, 3.63) is 35.9 Å². The van der Waals surface area contributed by atoms with E-state index in [1.54, 1.807) is 4.31 Å². The topological polar surface area (TPSA) is 40.6 Å². The van der Waals surface area contributed by atoms with Gasteiger partial charge in [-0.25, -0.2) is 12.7 Å². The molecule has 1 aromatic carbocycles. The van der Waals surface area contributed by atoms with Gasteiger partial charge in [0.25, 0.3) is 0 Å². The van der Waals surface area contributed by atoms with E-state index in [1.165, 1.54) is 11.8 Å². The van der Waals surface area contributed by atoms with Gasteiger partial charge in [0.1, 0.15) is 0 Å².